The molecule has 1 unspecified atom stereocenters. The van der Waals surface area contributed by atoms with Crippen molar-refractivity contribution in [1.29, 1.82) is 0 Å². The topological polar surface area (TPSA) is 17.1 Å². The average Bonchev–Trinajstić information content (AvgIpc) is 2.39. The SMILES string of the molecule is C=CCC1(CC)CCCC(=CSCCCC)C1=O. The first-order valence-electron chi connectivity index (χ1n) is 7.16. The van der Waals surface area contributed by atoms with Crippen molar-refractivity contribution in [3.63, 3.8) is 0 Å². The predicted octanol–water partition coefficient (Wildman–Crippen LogP) is 5.13. The third-order valence-corrected chi connectivity index (χ3v) is 4.90. The first kappa shape index (κ1) is 15.6. The fourth-order valence-electron chi connectivity index (χ4n) is 2.64. The molecule has 1 aliphatic carbocycles. The molecular weight excluding hydrogens is 240 g/mol. The second-order valence-corrected chi connectivity index (χ2v) is 6.15. The highest BCUT2D eigenvalue weighted by atomic mass is 32.2. The van der Waals surface area contributed by atoms with Gasteiger partial charge in [-0.1, -0.05) is 26.3 Å². The number of thioether (sulfide) groups is 1. The fraction of sp³-hybridized carbons (Fsp3) is 0.688. The van der Waals surface area contributed by atoms with Crippen molar-refractivity contribution in [2.75, 3.05) is 5.75 Å². The highest BCUT2D eigenvalue weighted by Gasteiger charge is 2.39. The van der Waals surface area contributed by atoms with E-state index >= 15 is 0 Å². The molecule has 1 saturated carbocycles. The zero-order valence-corrected chi connectivity index (χ0v) is 12.7. The number of rotatable bonds is 7. The molecule has 1 nitrogen and oxygen atoms in total. The Morgan fingerprint density at radius 3 is 2.83 bits per heavy atom. The maximum absolute atomic E-state index is 12.6. The molecule has 0 heterocycles. The monoisotopic (exact) mass is 266 g/mol. The second kappa shape index (κ2) is 7.83. The summed E-state index contributed by atoms with van der Waals surface area (Å²) in [6, 6.07) is 0. The zero-order chi connectivity index (χ0) is 13.4. The van der Waals surface area contributed by atoms with Gasteiger partial charge in [-0.2, -0.15) is 0 Å². The molecule has 102 valence electrons. The Balaban J connectivity index is 2.70. The molecule has 0 aliphatic heterocycles. The standard InChI is InChI=1S/C16H26OS/c1-4-7-12-18-13-14-9-8-11-16(6-3,10-5-2)15(14)17/h5,13H,2,4,6-12H2,1,3H3. The molecule has 0 radical (unpaired) electrons. The number of hydrogen-bond donors (Lipinski definition) is 0. The van der Waals surface area contributed by atoms with E-state index in [9.17, 15) is 4.79 Å². The van der Waals surface area contributed by atoms with E-state index in [1.54, 1.807) is 0 Å². The molecule has 0 N–H and O–H groups in total. The molecule has 0 bridgehead atoms. The number of hydrogen-bond acceptors (Lipinski definition) is 2. The molecule has 0 aromatic heterocycles. The Morgan fingerprint density at radius 2 is 2.22 bits per heavy atom. The van der Waals surface area contributed by atoms with Crippen LogP contribution in [0.3, 0.4) is 0 Å². The van der Waals surface area contributed by atoms with Gasteiger partial charge < -0.3 is 0 Å². The largest absolute Gasteiger partial charge is 0.294 e. The molecule has 0 spiro atoms. The van der Waals surface area contributed by atoms with Gasteiger partial charge in [-0.3, -0.25) is 4.79 Å². The molecule has 2 heteroatoms. The number of carbonyl (C=O) groups is 1. The Bertz CT molecular complexity index is 319. The lowest BCUT2D eigenvalue weighted by atomic mass is 9.67. The maximum Gasteiger partial charge on any atom is 0.165 e. The van der Waals surface area contributed by atoms with Crippen LogP contribution < -0.4 is 0 Å². The highest BCUT2D eigenvalue weighted by molar-refractivity contribution is 8.02. The minimum atomic E-state index is -0.142. The average molecular weight is 266 g/mol. The second-order valence-electron chi connectivity index (χ2n) is 5.18. The minimum absolute atomic E-state index is 0.142. The van der Waals surface area contributed by atoms with Gasteiger partial charge in [0.2, 0.25) is 0 Å². The van der Waals surface area contributed by atoms with E-state index in [-0.39, 0.29) is 5.41 Å². The van der Waals surface area contributed by atoms with Crippen LogP contribution in [0, 0.1) is 5.41 Å². The fourth-order valence-corrected chi connectivity index (χ4v) is 3.64. The summed E-state index contributed by atoms with van der Waals surface area (Å²) in [5, 5.41) is 2.13. The number of unbranched alkanes of at least 4 members (excludes halogenated alkanes) is 1. The van der Waals surface area contributed by atoms with Crippen LogP contribution in [0.1, 0.15) is 58.8 Å². The molecule has 1 atom stereocenters. The summed E-state index contributed by atoms with van der Waals surface area (Å²) in [5.74, 6) is 1.52. The third kappa shape index (κ3) is 3.74. The molecule has 0 aromatic carbocycles. The van der Waals surface area contributed by atoms with Crippen LogP contribution in [0.2, 0.25) is 0 Å². The van der Waals surface area contributed by atoms with Gasteiger partial charge in [0.25, 0.3) is 0 Å². The van der Waals surface area contributed by atoms with Gasteiger partial charge >= 0.3 is 0 Å². The van der Waals surface area contributed by atoms with Crippen LogP contribution in [-0.4, -0.2) is 11.5 Å². The van der Waals surface area contributed by atoms with Crippen molar-refractivity contribution in [2.24, 2.45) is 5.41 Å². The van der Waals surface area contributed by atoms with Crippen LogP contribution in [0.4, 0.5) is 0 Å². The first-order chi connectivity index (χ1) is 8.70. The van der Waals surface area contributed by atoms with Gasteiger partial charge in [-0.15, -0.1) is 18.3 Å². The summed E-state index contributed by atoms with van der Waals surface area (Å²) in [4.78, 5) is 12.6. The van der Waals surface area contributed by atoms with Crippen molar-refractivity contribution in [1.82, 2.24) is 0 Å². The molecule has 1 aliphatic rings. The Morgan fingerprint density at radius 1 is 1.44 bits per heavy atom. The first-order valence-corrected chi connectivity index (χ1v) is 8.21. The highest BCUT2D eigenvalue weighted by Crippen LogP contribution is 2.42. The summed E-state index contributed by atoms with van der Waals surface area (Å²) in [5.41, 5.74) is 0.919. The lowest BCUT2D eigenvalue weighted by Gasteiger charge is -2.35. The van der Waals surface area contributed by atoms with E-state index in [0.29, 0.717) is 5.78 Å². The van der Waals surface area contributed by atoms with Crippen LogP contribution in [-0.2, 0) is 4.79 Å². The smallest absolute Gasteiger partial charge is 0.165 e. The normalized spacial score (nSPS) is 26.6. The molecule has 0 saturated heterocycles. The molecular formula is C16H26OS. The lowest BCUT2D eigenvalue weighted by molar-refractivity contribution is -0.126. The van der Waals surface area contributed by atoms with Gasteiger partial charge in [0.1, 0.15) is 0 Å². The minimum Gasteiger partial charge on any atom is -0.294 e. The van der Waals surface area contributed by atoms with Crippen molar-refractivity contribution in [2.45, 2.75) is 58.8 Å². The third-order valence-electron chi connectivity index (χ3n) is 3.93. The number of ketones is 1. The molecule has 0 aromatic rings. The van der Waals surface area contributed by atoms with Crippen LogP contribution in [0.5, 0.6) is 0 Å². The number of allylic oxidation sites excluding steroid dienone is 2. The van der Waals surface area contributed by atoms with Gasteiger partial charge in [0.15, 0.2) is 5.78 Å². The van der Waals surface area contributed by atoms with Crippen molar-refractivity contribution >= 4 is 17.5 Å². The molecule has 0 amide bonds. The van der Waals surface area contributed by atoms with Crippen LogP contribution in [0.25, 0.3) is 0 Å². The summed E-state index contributed by atoms with van der Waals surface area (Å²) in [7, 11) is 0. The van der Waals surface area contributed by atoms with Crippen molar-refractivity contribution in [3.8, 4) is 0 Å². The van der Waals surface area contributed by atoms with Gasteiger partial charge in [0.05, 0.1) is 0 Å². The van der Waals surface area contributed by atoms with Crippen LogP contribution >= 0.6 is 11.8 Å². The Kier molecular flexibility index (Phi) is 6.77. The molecule has 1 rings (SSSR count). The quantitative estimate of drug-likeness (QED) is 0.361. The van der Waals surface area contributed by atoms with Gasteiger partial charge in [-0.05, 0) is 49.7 Å². The summed E-state index contributed by atoms with van der Waals surface area (Å²) >= 11 is 1.81. The molecule has 18 heavy (non-hydrogen) atoms. The van der Waals surface area contributed by atoms with Gasteiger partial charge in [0, 0.05) is 11.0 Å². The predicted molar refractivity (Wildman–Crippen MR) is 81.8 cm³/mol. The summed E-state index contributed by atoms with van der Waals surface area (Å²) in [6.45, 7) is 8.15. The maximum atomic E-state index is 12.6. The number of Topliss-reactive ketones (excluding diaryl/α,β-unsaturated/α-hetero) is 1. The Hall–Kier alpha value is -0.500. The van der Waals surface area contributed by atoms with E-state index in [1.165, 1.54) is 12.8 Å². The molecule has 1 fully saturated rings. The van der Waals surface area contributed by atoms with E-state index in [4.69, 9.17) is 0 Å². The van der Waals surface area contributed by atoms with Gasteiger partial charge in [-0.25, -0.2) is 0 Å². The Labute approximate surface area is 116 Å². The van der Waals surface area contributed by atoms with E-state index < -0.39 is 0 Å². The lowest BCUT2D eigenvalue weighted by Crippen LogP contribution is -2.34. The summed E-state index contributed by atoms with van der Waals surface area (Å²) < 4.78 is 0. The van der Waals surface area contributed by atoms with Crippen molar-refractivity contribution < 1.29 is 4.79 Å². The van der Waals surface area contributed by atoms with Crippen LogP contribution in [0.15, 0.2) is 23.6 Å². The number of carbonyl (C=O) groups excluding carboxylic acids is 1. The van der Waals surface area contributed by atoms with Crippen molar-refractivity contribution in [3.05, 3.63) is 23.6 Å². The van der Waals surface area contributed by atoms with E-state index in [2.05, 4.69) is 25.8 Å². The van der Waals surface area contributed by atoms with E-state index in [1.807, 2.05) is 17.8 Å². The zero-order valence-electron chi connectivity index (χ0n) is 11.8. The van der Waals surface area contributed by atoms with E-state index in [0.717, 1.165) is 43.4 Å². The summed E-state index contributed by atoms with van der Waals surface area (Å²) in [6.07, 6.45) is 9.28.